The van der Waals surface area contributed by atoms with E-state index in [1.807, 2.05) is 30.5 Å². The summed E-state index contributed by atoms with van der Waals surface area (Å²) in [6.45, 7) is 7.22. The summed E-state index contributed by atoms with van der Waals surface area (Å²) in [4.78, 5) is 14.4. The molecule has 2 unspecified atom stereocenters. The van der Waals surface area contributed by atoms with Crippen molar-refractivity contribution in [1.82, 2.24) is 25.2 Å². The van der Waals surface area contributed by atoms with Crippen LogP contribution < -0.4 is 25.2 Å². The van der Waals surface area contributed by atoms with Crippen molar-refractivity contribution in [3.63, 3.8) is 0 Å². The van der Waals surface area contributed by atoms with E-state index in [9.17, 15) is 5.11 Å². The number of nitrogens with two attached hydrogens (primary N) is 1. The number of nitrogens with zero attached hydrogens (tertiary/aromatic N) is 8. The molecule has 5 fully saturated rings. The van der Waals surface area contributed by atoms with E-state index >= 15 is 0 Å². The number of piperidine rings is 2. The highest BCUT2D eigenvalue weighted by molar-refractivity contribution is 5.74. The molecule has 0 spiro atoms. The molecular formula is C39H49N9O4. The molecule has 0 radical (unpaired) electrons. The standard InChI is InChI=1S/C39H49N9O4/c40-39-35(22-34(42-43-39)33-3-1-2-4-36(33)49)47-24-28-5-6-29(25-47)48(28)27-7-13-41-38(19-27)52-32-20-31(21-32)51-30-10-14-45(15-11-30)23-26-8-16-46(17-9-26)37-12-18-50-44-37/h1-4,7,12-13,18-19,22,26,28-32,49H,5-6,8-11,14-17,20-21,23-25H2,(H2,40,43). The van der Waals surface area contributed by atoms with Gasteiger partial charge in [0.15, 0.2) is 11.6 Å². The number of ether oxygens (including phenoxy) is 2. The van der Waals surface area contributed by atoms with Crippen molar-refractivity contribution in [2.24, 2.45) is 5.92 Å². The van der Waals surface area contributed by atoms with E-state index in [0.29, 0.717) is 41.1 Å². The van der Waals surface area contributed by atoms with Crippen LogP contribution in [0.1, 0.15) is 51.4 Å². The number of para-hydroxylation sites is 1. The maximum Gasteiger partial charge on any atom is 0.215 e. The zero-order chi connectivity index (χ0) is 35.0. The molecule has 4 aromatic rings. The van der Waals surface area contributed by atoms with Crippen molar-refractivity contribution in [1.29, 1.82) is 0 Å². The molecule has 13 nitrogen and oxygen atoms in total. The summed E-state index contributed by atoms with van der Waals surface area (Å²) < 4.78 is 18.0. The number of phenolic OH excluding ortho intramolecular Hbond substituents is 1. The fourth-order valence-electron chi connectivity index (χ4n) is 9.09. The third-order valence-electron chi connectivity index (χ3n) is 12.0. The van der Waals surface area contributed by atoms with Gasteiger partial charge in [0, 0.05) is 100 Å². The average molecular weight is 708 g/mol. The number of rotatable bonds is 10. The first kappa shape index (κ1) is 33.2. The summed E-state index contributed by atoms with van der Waals surface area (Å²) in [6, 6.07) is 16.0. The number of pyridine rings is 1. The minimum atomic E-state index is 0.143. The molecule has 3 aromatic heterocycles. The van der Waals surface area contributed by atoms with Gasteiger partial charge in [0.25, 0.3) is 0 Å². The summed E-state index contributed by atoms with van der Waals surface area (Å²) in [5.74, 6) is 3.00. The van der Waals surface area contributed by atoms with Gasteiger partial charge in [0.2, 0.25) is 5.88 Å². The lowest BCUT2D eigenvalue weighted by molar-refractivity contribution is -0.111. The van der Waals surface area contributed by atoms with Crippen molar-refractivity contribution in [2.75, 3.05) is 66.2 Å². The van der Waals surface area contributed by atoms with E-state index in [0.717, 1.165) is 101 Å². The summed E-state index contributed by atoms with van der Waals surface area (Å²) >= 11 is 0. The lowest BCUT2D eigenvalue weighted by Gasteiger charge is -2.43. The zero-order valence-electron chi connectivity index (χ0n) is 29.7. The Bertz CT molecular complexity index is 1790. The van der Waals surface area contributed by atoms with E-state index in [4.69, 9.17) is 19.7 Å². The van der Waals surface area contributed by atoms with Crippen LogP contribution in [0.2, 0.25) is 0 Å². The average Bonchev–Trinajstić information content (AvgIpc) is 3.78. The van der Waals surface area contributed by atoms with Gasteiger partial charge in [-0.25, -0.2) is 4.98 Å². The summed E-state index contributed by atoms with van der Waals surface area (Å²) in [5, 5.41) is 23.0. The normalized spacial score (nSPS) is 25.7. The topological polar surface area (TPSA) is 142 Å². The second-order valence-electron chi connectivity index (χ2n) is 15.3. The number of aromatic nitrogens is 4. The summed E-state index contributed by atoms with van der Waals surface area (Å²) in [5.41, 5.74) is 9.65. The largest absolute Gasteiger partial charge is 0.507 e. The molecule has 2 bridgehead atoms. The number of phenols is 1. The smallest absolute Gasteiger partial charge is 0.215 e. The first-order valence-corrected chi connectivity index (χ1v) is 19.1. The minimum absolute atomic E-state index is 0.143. The number of hydrogen-bond acceptors (Lipinski definition) is 13. The van der Waals surface area contributed by atoms with Crippen molar-refractivity contribution in [3.8, 4) is 22.9 Å². The molecule has 9 rings (SSSR count). The number of piperazine rings is 1. The highest BCUT2D eigenvalue weighted by Crippen LogP contribution is 2.40. The number of fused-ring (bicyclic) bond motifs is 2. The first-order valence-electron chi connectivity index (χ1n) is 19.1. The lowest BCUT2D eigenvalue weighted by atomic mass is 9.91. The Morgan fingerprint density at radius 2 is 1.62 bits per heavy atom. The number of hydrogen-bond donors (Lipinski definition) is 2. The number of nitrogen functional groups attached to an aromatic ring is 1. The number of likely N-dealkylation sites (tertiary alicyclic amines) is 1. The van der Waals surface area contributed by atoms with E-state index < -0.39 is 0 Å². The van der Waals surface area contributed by atoms with Crippen molar-refractivity contribution < 1.29 is 19.1 Å². The zero-order valence-corrected chi connectivity index (χ0v) is 29.7. The van der Waals surface area contributed by atoms with Crippen LogP contribution in [-0.4, -0.2) is 107 Å². The Balaban J connectivity index is 0.731. The first-order chi connectivity index (χ1) is 25.5. The second-order valence-corrected chi connectivity index (χ2v) is 15.3. The van der Waals surface area contributed by atoms with Gasteiger partial charge in [-0.15, -0.1) is 10.2 Å². The van der Waals surface area contributed by atoms with Crippen LogP contribution in [0.3, 0.4) is 0 Å². The predicted octanol–water partition coefficient (Wildman–Crippen LogP) is 4.98. The van der Waals surface area contributed by atoms with E-state index in [1.54, 1.807) is 18.4 Å². The van der Waals surface area contributed by atoms with Crippen LogP contribution in [-0.2, 0) is 4.74 Å². The third-order valence-corrected chi connectivity index (χ3v) is 12.0. The molecule has 1 saturated carbocycles. The van der Waals surface area contributed by atoms with Crippen molar-refractivity contribution >= 4 is 23.0 Å². The SMILES string of the molecule is Nc1nnc(-c2ccccc2O)cc1N1CC2CCC(C1)N2c1ccnc(OC2CC(OC3CCN(CC4CCN(c5ccon5)CC4)CC3)C2)c1. The van der Waals surface area contributed by atoms with Gasteiger partial charge in [0.1, 0.15) is 18.1 Å². The number of aromatic hydroxyl groups is 1. The van der Waals surface area contributed by atoms with Gasteiger partial charge in [-0.1, -0.05) is 17.3 Å². The van der Waals surface area contributed by atoms with E-state index in [-0.39, 0.29) is 18.0 Å². The highest BCUT2D eigenvalue weighted by Gasteiger charge is 2.41. The van der Waals surface area contributed by atoms with Crippen LogP contribution in [0, 0.1) is 5.92 Å². The molecule has 4 aliphatic heterocycles. The van der Waals surface area contributed by atoms with Crippen molar-refractivity contribution in [2.45, 2.75) is 81.8 Å². The molecule has 2 atom stereocenters. The van der Waals surface area contributed by atoms with Gasteiger partial charge >= 0.3 is 0 Å². The molecule has 1 aromatic carbocycles. The molecular weight excluding hydrogens is 658 g/mol. The van der Waals surface area contributed by atoms with Crippen LogP contribution >= 0.6 is 0 Å². The summed E-state index contributed by atoms with van der Waals surface area (Å²) in [6.07, 6.45) is 13.0. The summed E-state index contributed by atoms with van der Waals surface area (Å²) in [7, 11) is 0. The molecule has 13 heteroatoms. The van der Waals surface area contributed by atoms with Gasteiger partial charge < -0.3 is 44.4 Å². The molecule has 0 amide bonds. The van der Waals surface area contributed by atoms with Crippen molar-refractivity contribution in [3.05, 3.63) is 61.0 Å². The molecule has 1 aliphatic carbocycles. The van der Waals surface area contributed by atoms with Crippen LogP contribution in [0.4, 0.5) is 23.0 Å². The maximum absolute atomic E-state index is 10.4. The monoisotopic (exact) mass is 707 g/mol. The second kappa shape index (κ2) is 14.4. The Morgan fingerprint density at radius 3 is 2.37 bits per heavy atom. The van der Waals surface area contributed by atoms with Gasteiger partial charge in [-0.2, -0.15) is 0 Å². The Hall–Kier alpha value is -4.62. The van der Waals surface area contributed by atoms with Crippen LogP contribution in [0.25, 0.3) is 11.3 Å². The highest BCUT2D eigenvalue weighted by atomic mass is 16.5. The van der Waals surface area contributed by atoms with E-state index in [1.165, 1.54) is 19.4 Å². The maximum atomic E-state index is 10.4. The quantitative estimate of drug-likeness (QED) is 0.229. The molecule has 3 N–H and O–H groups in total. The van der Waals surface area contributed by atoms with Gasteiger partial charge in [-0.3, -0.25) is 0 Å². The van der Waals surface area contributed by atoms with E-state index in [2.05, 4.69) is 52.1 Å². The Labute approximate surface area is 304 Å². The third kappa shape index (κ3) is 6.95. The Kier molecular flexibility index (Phi) is 9.22. The fourth-order valence-corrected chi connectivity index (χ4v) is 9.09. The predicted molar refractivity (Wildman–Crippen MR) is 199 cm³/mol. The van der Waals surface area contributed by atoms with Crippen LogP contribution in [0.15, 0.2) is 65.5 Å². The molecule has 5 aliphatic rings. The van der Waals surface area contributed by atoms with Gasteiger partial charge in [0.05, 0.1) is 23.6 Å². The van der Waals surface area contributed by atoms with Crippen LogP contribution in [0.5, 0.6) is 11.6 Å². The lowest BCUT2D eigenvalue weighted by Crippen LogP contribution is -2.54. The Morgan fingerprint density at radius 1 is 0.827 bits per heavy atom. The minimum Gasteiger partial charge on any atom is -0.507 e. The number of anilines is 4. The molecule has 52 heavy (non-hydrogen) atoms. The number of benzene rings is 1. The molecule has 7 heterocycles. The molecule has 4 saturated heterocycles. The fraction of sp³-hybridized carbons (Fsp3) is 0.538. The van der Waals surface area contributed by atoms with Gasteiger partial charge in [-0.05, 0) is 68.7 Å². The molecule has 274 valence electrons.